The van der Waals surface area contributed by atoms with E-state index >= 15 is 0 Å². The molecule has 0 aromatic carbocycles. The lowest BCUT2D eigenvalue weighted by molar-refractivity contribution is -0.286. The monoisotopic (exact) mass is 226 g/mol. The predicted molar refractivity (Wildman–Crippen MR) is 30.5 cm³/mol. The van der Waals surface area contributed by atoms with Gasteiger partial charge >= 0.3 is 18.3 Å². The van der Waals surface area contributed by atoms with Crippen LogP contribution in [-0.4, -0.2) is 37.2 Å². The van der Waals surface area contributed by atoms with Crippen molar-refractivity contribution in [3.63, 3.8) is 0 Å². The summed E-state index contributed by atoms with van der Waals surface area (Å²) in [6, 6.07) is 0. The van der Waals surface area contributed by atoms with Crippen molar-refractivity contribution in [2.75, 3.05) is 6.61 Å². The first-order valence-electron chi connectivity index (χ1n) is 3.50. The molecule has 0 radical (unpaired) electrons. The summed E-state index contributed by atoms with van der Waals surface area (Å²) in [5, 5.41) is 0. The largest absolute Gasteiger partial charge is 0.372 e. The van der Waals surface area contributed by atoms with Gasteiger partial charge in [-0.25, -0.2) is 13.2 Å². The Morgan fingerprint density at radius 1 is 1.00 bits per heavy atom. The number of rotatable bonds is 4. The minimum Gasteiger partial charge on any atom is -0.370 e. The van der Waals surface area contributed by atoms with Crippen LogP contribution in [0.3, 0.4) is 0 Å². The van der Waals surface area contributed by atoms with Crippen molar-refractivity contribution in [3.05, 3.63) is 0 Å². The highest BCUT2D eigenvalue weighted by molar-refractivity contribution is 4.99. The van der Waals surface area contributed by atoms with E-state index in [4.69, 9.17) is 0 Å². The highest BCUT2D eigenvalue weighted by Gasteiger charge is 2.70. The van der Waals surface area contributed by atoms with Crippen LogP contribution in [0, 0.1) is 0 Å². The predicted octanol–water partition coefficient (Wildman–Crippen LogP) is 2.26. The van der Waals surface area contributed by atoms with E-state index in [2.05, 4.69) is 4.74 Å². The maximum atomic E-state index is 12.5. The second-order valence-corrected chi connectivity index (χ2v) is 2.82. The van der Waals surface area contributed by atoms with E-state index in [9.17, 15) is 30.7 Å². The van der Waals surface area contributed by atoms with Crippen LogP contribution in [0.1, 0.15) is 0 Å². The van der Waals surface area contributed by atoms with Gasteiger partial charge in [0.2, 0.25) is 0 Å². The van der Waals surface area contributed by atoms with E-state index in [1.54, 1.807) is 0 Å². The Balaban J connectivity index is 2.80. The summed E-state index contributed by atoms with van der Waals surface area (Å²) >= 11 is 0. The highest BCUT2D eigenvalue weighted by Crippen LogP contribution is 2.45. The van der Waals surface area contributed by atoms with Crippen LogP contribution in [0.4, 0.5) is 30.7 Å². The van der Waals surface area contributed by atoms with Gasteiger partial charge in [0.05, 0.1) is 6.61 Å². The lowest BCUT2D eigenvalue weighted by atomic mass is 10.1. The average molecular weight is 226 g/mol. The molecule has 84 valence electrons. The van der Waals surface area contributed by atoms with Gasteiger partial charge in [-0.3, -0.25) is 0 Å². The molecule has 0 saturated carbocycles. The molecular formula is C6H5F7O. The molecule has 1 aliphatic heterocycles. The smallest absolute Gasteiger partial charge is 0.370 e. The number of halogens is 7. The van der Waals surface area contributed by atoms with Crippen LogP contribution in [0.5, 0.6) is 0 Å². The molecule has 8 heteroatoms. The van der Waals surface area contributed by atoms with E-state index in [1.165, 1.54) is 0 Å². The quantitative estimate of drug-likeness (QED) is 0.529. The molecule has 1 aliphatic rings. The Bertz CT molecular complexity index is 212. The summed E-state index contributed by atoms with van der Waals surface area (Å²) in [7, 11) is 0. The zero-order valence-electron chi connectivity index (χ0n) is 6.49. The summed E-state index contributed by atoms with van der Waals surface area (Å²) in [6.45, 7) is -0.462. The first kappa shape index (κ1) is 11.5. The molecule has 0 N–H and O–H groups in total. The molecule has 0 bridgehead atoms. The van der Waals surface area contributed by atoms with E-state index in [0.717, 1.165) is 0 Å². The van der Waals surface area contributed by atoms with Gasteiger partial charge in [-0.2, -0.15) is 17.6 Å². The standard InChI is InChI=1S/C6H5F7O/c7-3(2-1-14-2)5(10,11)6(12,13)4(8)9/h2-4H,1H2. The third-order valence-electron chi connectivity index (χ3n) is 1.75. The van der Waals surface area contributed by atoms with E-state index in [0.29, 0.717) is 0 Å². The molecule has 1 heterocycles. The van der Waals surface area contributed by atoms with Crippen molar-refractivity contribution in [1.82, 2.24) is 0 Å². The molecule has 0 aliphatic carbocycles. The maximum Gasteiger partial charge on any atom is 0.372 e. The number of alkyl halides is 7. The van der Waals surface area contributed by atoms with Crippen molar-refractivity contribution in [3.8, 4) is 0 Å². The van der Waals surface area contributed by atoms with Gasteiger partial charge in [0.1, 0.15) is 6.10 Å². The Labute approximate surface area is 73.8 Å². The third-order valence-corrected chi connectivity index (χ3v) is 1.75. The van der Waals surface area contributed by atoms with E-state index in [-0.39, 0.29) is 0 Å². The van der Waals surface area contributed by atoms with Gasteiger partial charge in [-0.05, 0) is 0 Å². The van der Waals surface area contributed by atoms with Gasteiger partial charge in [-0.1, -0.05) is 0 Å². The summed E-state index contributed by atoms with van der Waals surface area (Å²) in [4.78, 5) is 0. The number of ether oxygens (including phenoxy) is 1. The Hall–Kier alpha value is -0.530. The second kappa shape index (κ2) is 3.25. The molecule has 0 amide bonds. The minimum absolute atomic E-state index is 0.462. The number of epoxide rings is 1. The molecule has 1 saturated heterocycles. The second-order valence-electron chi connectivity index (χ2n) is 2.82. The van der Waals surface area contributed by atoms with Crippen LogP contribution in [0.15, 0.2) is 0 Å². The Morgan fingerprint density at radius 3 is 1.71 bits per heavy atom. The van der Waals surface area contributed by atoms with Crippen LogP contribution in [0.2, 0.25) is 0 Å². The SMILES string of the molecule is FC(F)C(F)(F)C(F)(F)C(F)C1CO1. The summed E-state index contributed by atoms with van der Waals surface area (Å²) < 4.78 is 88.8. The van der Waals surface area contributed by atoms with Crippen molar-refractivity contribution in [2.24, 2.45) is 0 Å². The molecule has 1 nitrogen and oxygen atoms in total. The molecular weight excluding hydrogens is 221 g/mol. The molecule has 0 aromatic rings. The molecule has 2 unspecified atom stereocenters. The summed E-state index contributed by atoms with van der Waals surface area (Å²) in [5.74, 6) is -11.1. The fraction of sp³-hybridized carbons (Fsp3) is 1.00. The van der Waals surface area contributed by atoms with Crippen LogP contribution in [0.25, 0.3) is 0 Å². The maximum absolute atomic E-state index is 12.5. The zero-order chi connectivity index (χ0) is 11.1. The van der Waals surface area contributed by atoms with Gasteiger partial charge in [0.15, 0.2) is 6.17 Å². The lowest BCUT2D eigenvalue weighted by Gasteiger charge is -2.27. The fourth-order valence-electron chi connectivity index (χ4n) is 0.787. The molecule has 1 fully saturated rings. The molecule has 1 rings (SSSR count). The summed E-state index contributed by atoms with van der Waals surface area (Å²) in [6.07, 6.45) is -9.74. The van der Waals surface area contributed by atoms with Crippen molar-refractivity contribution in [1.29, 1.82) is 0 Å². The van der Waals surface area contributed by atoms with E-state index < -0.39 is 37.2 Å². The average Bonchev–Trinajstić information content (AvgIpc) is 2.84. The number of hydrogen-bond donors (Lipinski definition) is 0. The zero-order valence-corrected chi connectivity index (χ0v) is 6.49. The third kappa shape index (κ3) is 1.67. The molecule has 2 atom stereocenters. The van der Waals surface area contributed by atoms with Crippen LogP contribution >= 0.6 is 0 Å². The first-order valence-corrected chi connectivity index (χ1v) is 3.50. The Morgan fingerprint density at radius 2 is 1.43 bits per heavy atom. The van der Waals surface area contributed by atoms with Gasteiger partial charge < -0.3 is 4.74 Å². The van der Waals surface area contributed by atoms with Crippen LogP contribution < -0.4 is 0 Å². The lowest BCUT2D eigenvalue weighted by Crippen LogP contribution is -2.54. The molecule has 0 aromatic heterocycles. The van der Waals surface area contributed by atoms with Crippen LogP contribution in [-0.2, 0) is 4.74 Å². The van der Waals surface area contributed by atoms with Gasteiger partial charge in [-0.15, -0.1) is 0 Å². The van der Waals surface area contributed by atoms with Gasteiger partial charge in [0, 0.05) is 0 Å². The Kier molecular flexibility index (Phi) is 2.68. The van der Waals surface area contributed by atoms with Crippen molar-refractivity contribution in [2.45, 2.75) is 30.5 Å². The van der Waals surface area contributed by atoms with Crippen molar-refractivity contribution < 1.29 is 35.5 Å². The van der Waals surface area contributed by atoms with Crippen molar-refractivity contribution >= 4 is 0 Å². The topological polar surface area (TPSA) is 12.5 Å². The minimum atomic E-state index is -5.68. The number of hydrogen-bond acceptors (Lipinski definition) is 1. The first-order chi connectivity index (χ1) is 6.21. The normalized spacial score (nSPS) is 25.3. The fourth-order valence-corrected chi connectivity index (χ4v) is 0.787. The molecule has 0 spiro atoms. The highest BCUT2D eigenvalue weighted by atomic mass is 19.3. The van der Waals surface area contributed by atoms with Gasteiger partial charge in [0.25, 0.3) is 0 Å². The van der Waals surface area contributed by atoms with E-state index in [1.807, 2.05) is 0 Å². The summed E-state index contributed by atoms with van der Waals surface area (Å²) in [5.41, 5.74) is 0. The molecule has 14 heavy (non-hydrogen) atoms.